The van der Waals surface area contributed by atoms with Crippen LogP contribution in [0.25, 0.3) is 6.08 Å². The Morgan fingerprint density at radius 2 is 1.89 bits per heavy atom. The van der Waals surface area contributed by atoms with E-state index in [0.29, 0.717) is 47.6 Å². The summed E-state index contributed by atoms with van der Waals surface area (Å²) in [6, 6.07) is 8.79. The topological polar surface area (TPSA) is 148 Å². The van der Waals surface area contributed by atoms with Crippen molar-refractivity contribution in [2.24, 2.45) is 4.99 Å². The van der Waals surface area contributed by atoms with Gasteiger partial charge in [-0.15, -0.1) is 0 Å². The number of methoxy groups -OCH3 is 2. The normalized spacial score (nSPS) is 14.6. The first-order chi connectivity index (χ1) is 21.2. The van der Waals surface area contributed by atoms with Gasteiger partial charge in [0.15, 0.2) is 21.5 Å². The summed E-state index contributed by atoms with van der Waals surface area (Å²) in [5, 5.41) is 12.3. The Morgan fingerprint density at radius 1 is 1.18 bits per heavy atom. The molecule has 0 saturated carbocycles. The molecule has 4 aromatic rings. The molecular weight excluding hydrogens is 674 g/mol. The quantitative estimate of drug-likeness (QED) is 0.106. The first-order valence-corrected chi connectivity index (χ1v) is 15.4. The van der Waals surface area contributed by atoms with E-state index in [0.717, 1.165) is 23.1 Å². The van der Waals surface area contributed by atoms with Crippen molar-refractivity contribution >= 4 is 56.8 Å². The number of aromatic nitrogens is 3. The van der Waals surface area contributed by atoms with Crippen LogP contribution >= 0.6 is 39.0 Å². The number of rotatable bonds is 9. The summed E-state index contributed by atoms with van der Waals surface area (Å²) in [5.41, 5.74) is 0.977. The lowest BCUT2D eigenvalue weighted by molar-refractivity contribution is -0.387. The van der Waals surface area contributed by atoms with Crippen molar-refractivity contribution in [2.75, 3.05) is 20.8 Å². The molecule has 0 aliphatic carbocycles. The van der Waals surface area contributed by atoms with Gasteiger partial charge in [-0.05, 0) is 67.1 Å². The number of allylic oxidation sites excluding steroid dienone is 1. The number of thiazole rings is 1. The zero-order chi connectivity index (χ0) is 31.5. The number of nitro groups is 1. The Kier molecular flexibility index (Phi) is 9.27. The molecule has 0 fully saturated rings. The number of halogens is 1. The molecule has 44 heavy (non-hydrogen) atoms. The van der Waals surface area contributed by atoms with Crippen molar-refractivity contribution in [2.45, 2.75) is 29.9 Å². The van der Waals surface area contributed by atoms with E-state index in [2.05, 4.69) is 30.9 Å². The Hall–Kier alpha value is -4.34. The molecule has 0 saturated heterocycles. The van der Waals surface area contributed by atoms with Gasteiger partial charge in [0.1, 0.15) is 0 Å². The molecule has 2 aromatic heterocycles. The van der Waals surface area contributed by atoms with Crippen molar-refractivity contribution < 1.29 is 23.9 Å². The van der Waals surface area contributed by atoms with Gasteiger partial charge >= 0.3 is 5.97 Å². The summed E-state index contributed by atoms with van der Waals surface area (Å²) in [4.78, 5) is 52.3. The number of hydrogen-bond acceptors (Lipinski definition) is 12. The summed E-state index contributed by atoms with van der Waals surface area (Å²) in [5.74, 6) is 0.244. The minimum atomic E-state index is -0.916. The van der Waals surface area contributed by atoms with Crippen LogP contribution in [-0.2, 0) is 9.53 Å². The van der Waals surface area contributed by atoms with E-state index in [4.69, 9.17) is 14.2 Å². The second-order valence-corrected chi connectivity index (χ2v) is 12.0. The maximum Gasteiger partial charge on any atom is 0.338 e. The van der Waals surface area contributed by atoms with Gasteiger partial charge in [-0.3, -0.25) is 19.5 Å². The molecule has 0 radical (unpaired) electrons. The third-order valence-electron chi connectivity index (χ3n) is 6.54. The van der Waals surface area contributed by atoms with Crippen LogP contribution < -0.4 is 24.4 Å². The zero-order valence-electron chi connectivity index (χ0n) is 23.8. The van der Waals surface area contributed by atoms with E-state index >= 15 is 0 Å². The van der Waals surface area contributed by atoms with Crippen LogP contribution in [-0.4, -0.2) is 46.3 Å². The Balaban J connectivity index is 1.67. The number of carbonyl (C=O) groups is 1. The highest BCUT2D eigenvalue weighted by atomic mass is 79.9. The number of nitrogens with zero attached hydrogens (tertiary/aromatic N) is 5. The Labute approximate surface area is 267 Å². The molecular formula is C29H24BrN5O7S2. The number of esters is 1. The lowest BCUT2D eigenvalue weighted by Crippen LogP contribution is -2.40. The van der Waals surface area contributed by atoms with Crippen molar-refractivity contribution in [3.8, 4) is 11.5 Å². The average molecular weight is 699 g/mol. The lowest BCUT2D eigenvalue weighted by Gasteiger charge is -2.26. The number of carbonyl (C=O) groups excluding carboxylic acids is 1. The van der Waals surface area contributed by atoms with Gasteiger partial charge in [-0.2, -0.15) is 0 Å². The summed E-state index contributed by atoms with van der Waals surface area (Å²) in [6.45, 7) is 3.50. The highest BCUT2D eigenvalue weighted by molar-refractivity contribution is 9.10. The SMILES string of the molecule is CCOC(=O)C1=C(C)N=c2s/c(=C/c3ccc(Sc4ncccn4)c([N+](=O)[O-])c3)c(=O)n2[C@@H]1c1cc(OC)c(OC)cc1Br. The fourth-order valence-corrected chi connectivity index (χ4v) is 6.99. The zero-order valence-corrected chi connectivity index (χ0v) is 27.0. The molecule has 12 nitrogen and oxygen atoms in total. The summed E-state index contributed by atoms with van der Waals surface area (Å²) in [7, 11) is 3.00. The van der Waals surface area contributed by atoms with Gasteiger partial charge in [0.2, 0.25) is 0 Å². The summed E-state index contributed by atoms with van der Waals surface area (Å²) < 4.78 is 18.6. The molecule has 3 heterocycles. The third kappa shape index (κ3) is 6.02. The van der Waals surface area contributed by atoms with E-state index < -0.39 is 22.5 Å². The highest BCUT2D eigenvalue weighted by Crippen LogP contribution is 2.41. The maximum absolute atomic E-state index is 14.0. The third-order valence-corrected chi connectivity index (χ3v) is 9.16. The van der Waals surface area contributed by atoms with Crippen molar-refractivity contribution in [3.05, 3.63) is 105 Å². The Bertz CT molecular complexity index is 1990. The van der Waals surface area contributed by atoms with Crippen LogP contribution in [0, 0.1) is 10.1 Å². The molecule has 0 amide bonds. The number of fused-ring (bicyclic) bond motifs is 1. The molecule has 2 aromatic carbocycles. The first kappa shape index (κ1) is 31.1. The van der Waals surface area contributed by atoms with Crippen LogP contribution in [0.3, 0.4) is 0 Å². The molecule has 226 valence electrons. The largest absolute Gasteiger partial charge is 0.493 e. The van der Waals surface area contributed by atoms with Crippen molar-refractivity contribution in [3.63, 3.8) is 0 Å². The molecule has 0 spiro atoms. The molecule has 0 unspecified atom stereocenters. The van der Waals surface area contributed by atoms with Crippen LogP contribution in [0.15, 0.2) is 84.4 Å². The molecule has 1 aliphatic rings. The number of ether oxygens (including phenoxy) is 3. The van der Waals surface area contributed by atoms with E-state index in [1.165, 1.54) is 24.9 Å². The van der Waals surface area contributed by atoms with Gasteiger partial charge in [-0.1, -0.05) is 33.3 Å². The van der Waals surface area contributed by atoms with Gasteiger partial charge in [0, 0.05) is 22.9 Å². The van der Waals surface area contributed by atoms with Crippen LogP contribution in [0.5, 0.6) is 11.5 Å². The minimum absolute atomic E-state index is 0.128. The number of hydrogen-bond donors (Lipinski definition) is 0. The molecule has 0 N–H and O–H groups in total. The summed E-state index contributed by atoms with van der Waals surface area (Å²) in [6.07, 6.45) is 4.67. The van der Waals surface area contributed by atoms with E-state index in [1.54, 1.807) is 62.6 Å². The first-order valence-electron chi connectivity index (χ1n) is 13.0. The molecule has 15 heteroatoms. The standard InChI is InChI=1S/C29H24BrN5O7S2/c1-5-42-27(37)24-15(2)33-29-34(25(24)17-13-20(40-3)21(41-4)14-18(17)30)26(36)23(44-29)12-16-7-8-22(19(11-16)35(38)39)43-28-31-9-6-10-32-28/h6-14,25H,5H2,1-4H3/b23-12+/t25-/m1/s1. The molecule has 0 bridgehead atoms. The smallest absolute Gasteiger partial charge is 0.338 e. The van der Waals surface area contributed by atoms with Crippen LogP contribution in [0.1, 0.15) is 31.0 Å². The van der Waals surface area contributed by atoms with Crippen LogP contribution in [0.4, 0.5) is 5.69 Å². The van der Waals surface area contributed by atoms with Gasteiger partial charge in [0.25, 0.3) is 11.2 Å². The highest BCUT2D eigenvalue weighted by Gasteiger charge is 2.35. The minimum Gasteiger partial charge on any atom is -0.493 e. The van der Waals surface area contributed by atoms with E-state index in [1.807, 2.05) is 0 Å². The van der Waals surface area contributed by atoms with Crippen molar-refractivity contribution in [1.29, 1.82) is 0 Å². The predicted octanol–water partition coefficient (Wildman–Crippen LogP) is 4.43. The maximum atomic E-state index is 14.0. The van der Waals surface area contributed by atoms with Gasteiger partial charge in [0.05, 0.1) is 52.5 Å². The number of nitro benzene ring substituents is 1. The predicted molar refractivity (Wildman–Crippen MR) is 167 cm³/mol. The lowest BCUT2D eigenvalue weighted by atomic mass is 9.95. The van der Waals surface area contributed by atoms with E-state index in [-0.39, 0.29) is 22.4 Å². The van der Waals surface area contributed by atoms with E-state index in [9.17, 15) is 19.7 Å². The second kappa shape index (κ2) is 13.1. The van der Waals surface area contributed by atoms with Crippen LogP contribution in [0.2, 0.25) is 0 Å². The Morgan fingerprint density at radius 3 is 2.55 bits per heavy atom. The molecule has 1 atom stereocenters. The summed E-state index contributed by atoms with van der Waals surface area (Å²) >= 11 is 5.75. The molecule has 5 rings (SSSR count). The van der Waals surface area contributed by atoms with Crippen molar-refractivity contribution in [1.82, 2.24) is 14.5 Å². The fourth-order valence-electron chi connectivity index (χ4n) is 4.61. The molecule has 1 aliphatic heterocycles. The number of benzene rings is 2. The van der Waals surface area contributed by atoms with Gasteiger partial charge in [-0.25, -0.2) is 19.8 Å². The van der Waals surface area contributed by atoms with Gasteiger partial charge < -0.3 is 14.2 Å². The monoisotopic (exact) mass is 697 g/mol. The average Bonchev–Trinajstić information content (AvgIpc) is 3.31. The second-order valence-electron chi connectivity index (χ2n) is 9.15. The fraction of sp³-hybridized carbons (Fsp3) is 0.207.